The second-order valence-electron chi connectivity index (χ2n) is 5.43. The average Bonchev–Trinajstić information content (AvgIpc) is 3.25. The van der Waals surface area contributed by atoms with E-state index in [2.05, 4.69) is 29.2 Å². The summed E-state index contributed by atoms with van der Waals surface area (Å²) in [5.74, 6) is 1.57. The van der Waals surface area contributed by atoms with Crippen molar-refractivity contribution in [2.24, 2.45) is 0 Å². The highest BCUT2D eigenvalue weighted by Gasteiger charge is 2.16. The van der Waals surface area contributed by atoms with Crippen molar-refractivity contribution < 1.29 is 4.42 Å². The van der Waals surface area contributed by atoms with Crippen molar-refractivity contribution in [1.29, 1.82) is 0 Å². The largest absolute Gasteiger partial charge is 0.441 e. The molecule has 0 aliphatic rings. The van der Waals surface area contributed by atoms with Crippen LogP contribution >= 0.6 is 11.3 Å². The van der Waals surface area contributed by atoms with Gasteiger partial charge >= 0.3 is 0 Å². The van der Waals surface area contributed by atoms with Crippen molar-refractivity contribution in [3.8, 4) is 11.5 Å². The lowest BCUT2D eigenvalue weighted by Crippen LogP contribution is -2.33. The Morgan fingerprint density at radius 2 is 2.27 bits per heavy atom. The fraction of sp³-hybridized carbons (Fsp3) is 0.375. The Morgan fingerprint density at radius 1 is 1.41 bits per heavy atom. The van der Waals surface area contributed by atoms with Crippen molar-refractivity contribution in [3.63, 3.8) is 0 Å². The molecule has 0 saturated heterocycles. The zero-order chi connectivity index (χ0) is 15.5. The maximum atomic E-state index is 5.76. The van der Waals surface area contributed by atoms with E-state index >= 15 is 0 Å². The summed E-state index contributed by atoms with van der Waals surface area (Å²) >= 11 is 1.64. The van der Waals surface area contributed by atoms with E-state index in [-0.39, 0.29) is 12.1 Å². The highest BCUT2D eigenvalue weighted by Crippen LogP contribution is 2.24. The topological polar surface area (TPSA) is 55.9 Å². The number of aromatic nitrogens is 3. The van der Waals surface area contributed by atoms with Crippen LogP contribution in [0.1, 0.15) is 31.3 Å². The molecule has 0 unspecified atom stereocenters. The van der Waals surface area contributed by atoms with Crippen molar-refractivity contribution in [2.45, 2.75) is 39.4 Å². The Bertz CT molecular complexity index is 703. The number of hydrogen-bond acceptors (Lipinski definition) is 5. The lowest BCUT2D eigenvalue weighted by Gasteiger charge is -2.21. The summed E-state index contributed by atoms with van der Waals surface area (Å²) in [6, 6.07) is 4.52. The summed E-state index contributed by atoms with van der Waals surface area (Å²) in [4.78, 5) is 4.60. The fourth-order valence-corrected chi connectivity index (χ4v) is 2.91. The van der Waals surface area contributed by atoms with E-state index in [1.165, 1.54) is 0 Å². The van der Waals surface area contributed by atoms with Crippen LogP contribution in [-0.4, -0.2) is 20.8 Å². The van der Waals surface area contributed by atoms with Gasteiger partial charge in [-0.05, 0) is 38.3 Å². The first-order chi connectivity index (χ1) is 10.6. The predicted molar refractivity (Wildman–Crippen MR) is 87.8 cm³/mol. The molecule has 0 fully saturated rings. The summed E-state index contributed by atoms with van der Waals surface area (Å²) in [7, 11) is 0. The number of rotatable bonds is 6. The van der Waals surface area contributed by atoms with Gasteiger partial charge < -0.3 is 9.73 Å². The van der Waals surface area contributed by atoms with E-state index in [4.69, 9.17) is 4.42 Å². The lowest BCUT2D eigenvalue weighted by molar-refractivity contribution is 0.363. The highest BCUT2D eigenvalue weighted by atomic mass is 32.1. The Hall–Kier alpha value is -1.92. The van der Waals surface area contributed by atoms with Gasteiger partial charge in [-0.2, -0.15) is 16.4 Å². The Labute approximate surface area is 134 Å². The Kier molecular flexibility index (Phi) is 4.40. The van der Waals surface area contributed by atoms with E-state index < -0.39 is 0 Å². The summed E-state index contributed by atoms with van der Waals surface area (Å²) in [6.45, 7) is 6.95. The molecule has 0 amide bonds. The molecular weight excluding hydrogens is 296 g/mol. The van der Waals surface area contributed by atoms with Crippen LogP contribution in [0.5, 0.6) is 0 Å². The fourth-order valence-electron chi connectivity index (χ4n) is 2.28. The monoisotopic (exact) mass is 316 g/mol. The van der Waals surface area contributed by atoms with Gasteiger partial charge in [0.2, 0.25) is 5.89 Å². The molecular formula is C16H20N4OS. The number of oxazole rings is 1. The van der Waals surface area contributed by atoms with Gasteiger partial charge in [-0.25, -0.2) is 4.98 Å². The number of aryl methyl sites for hydroxylation is 1. The summed E-state index contributed by atoms with van der Waals surface area (Å²) in [6.07, 6.45) is 3.79. The first-order valence-corrected chi connectivity index (χ1v) is 8.31. The molecule has 0 aromatic carbocycles. The molecule has 0 bridgehead atoms. The first-order valence-electron chi connectivity index (χ1n) is 7.36. The molecule has 0 aliphatic heterocycles. The molecule has 6 heteroatoms. The van der Waals surface area contributed by atoms with Crippen LogP contribution in [0.4, 0.5) is 0 Å². The standard InChI is InChI=1S/C16H20N4OS/c1-11(12(2)20-7-4-6-18-20)17-9-15-13(3)21-16(19-15)14-5-8-22-10-14/h4-8,10-12,17H,9H2,1-3H3/t11-,12-/m0/s1. The summed E-state index contributed by atoms with van der Waals surface area (Å²) < 4.78 is 7.72. The van der Waals surface area contributed by atoms with Gasteiger partial charge in [0.15, 0.2) is 0 Å². The van der Waals surface area contributed by atoms with Gasteiger partial charge in [0.1, 0.15) is 5.76 Å². The number of hydrogen-bond donors (Lipinski definition) is 1. The molecule has 2 atom stereocenters. The van der Waals surface area contributed by atoms with E-state index in [0.717, 1.165) is 17.0 Å². The molecule has 116 valence electrons. The number of nitrogens with one attached hydrogen (secondary N) is 1. The second-order valence-corrected chi connectivity index (χ2v) is 6.21. The maximum Gasteiger partial charge on any atom is 0.227 e. The molecule has 0 aliphatic carbocycles. The molecule has 3 aromatic heterocycles. The zero-order valence-corrected chi connectivity index (χ0v) is 13.8. The smallest absolute Gasteiger partial charge is 0.227 e. The van der Waals surface area contributed by atoms with Crippen LogP contribution in [-0.2, 0) is 6.54 Å². The average molecular weight is 316 g/mol. The van der Waals surface area contributed by atoms with Crippen molar-refractivity contribution in [3.05, 3.63) is 46.7 Å². The van der Waals surface area contributed by atoms with Crippen molar-refractivity contribution in [1.82, 2.24) is 20.1 Å². The van der Waals surface area contributed by atoms with Crippen molar-refractivity contribution in [2.75, 3.05) is 0 Å². The quantitative estimate of drug-likeness (QED) is 0.754. The lowest BCUT2D eigenvalue weighted by atomic mass is 10.1. The van der Waals surface area contributed by atoms with Gasteiger partial charge in [0.05, 0.1) is 11.7 Å². The van der Waals surface area contributed by atoms with Gasteiger partial charge in [0.25, 0.3) is 0 Å². The molecule has 0 saturated carbocycles. The minimum Gasteiger partial charge on any atom is -0.441 e. The molecule has 0 radical (unpaired) electrons. The van der Waals surface area contributed by atoms with Crippen LogP contribution in [0.2, 0.25) is 0 Å². The van der Waals surface area contributed by atoms with Crippen LogP contribution in [0.25, 0.3) is 11.5 Å². The van der Waals surface area contributed by atoms with Crippen molar-refractivity contribution >= 4 is 11.3 Å². The molecule has 22 heavy (non-hydrogen) atoms. The van der Waals surface area contributed by atoms with E-state index in [1.54, 1.807) is 17.5 Å². The molecule has 0 spiro atoms. The first kappa shape index (κ1) is 15.0. The highest BCUT2D eigenvalue weighted by molar-refractivity contribution is 7.08. The minimum atomic E-state index is 0.276. The third kappa shape index (κ3) is 3.13. The van der Waals surface area contributed by atoms with E-state index in [9.17, 15) is 0 Å². The van der Waals surface area contributed by atoms with Crippen LogP contribution in [0, 0.1) is 6.92 Å². The molecule has 3 rings (SSSR count). The normalized spacial score (nSPS) is 14.1. The van der Waals surface area contributed by atoms with Gasteiger partial charge in [-0.1, -0.05) is 0 Å². The second kappa shape index (κ2) is 6.46. The van der Waals surface area contributed by atoms with Crippen LogP contribution in [0.15, 0.2) is 39.7 Å². The molecule has 1 N–H and O–H groups in total. The Balaban J connectivity index is 1.64. The predicted octanol–water partition coefficient (Wildman–Crippen LogP) is 3.65. The van der Waals surface area contributed by atoms with Gasteiger partial charge in [0, 0.05) is 35.9 Å². The molecule has 3 heterocycles. The third-order valence-electron chi connectivity index (χ3n) is 3.92. The van der Waals surface area contributed by atoms with Crippen LogP contribution < -0.4 is 5.32 Å². The van der Waals surface area contributed by atoms with Gasteiger partial charge in [-0.3, -0.25) is 4.68 Å². The van der Waals surface area contributed by atoms with E-state index in [0.29, 0.717) is 12.4 Å². The maximum absolute atomic E-state index is 5.76. The summed E-state index contributed by atoms with van der Waals surface area (Å²) in [5, 5.41) is 11.9. The van der Waals surface area contributed by atoms with Crippen LogP contribution in [0.3, 0.4) is 0 Å². The molecule has 3 aromatic rings. The Morgan fingerprint density at radius 3 is 2.95 bits per heavy atom. The molecule has 5 nitrogen and oxygen atoms in total. The third-order valence-corrected chi connectivity index (χ3v) is 4.60. The summed E-state index contributed by atoms with van der Waals surface area (Å²) in [5.41, 5.74) is 2.00. The SMILES string of the molecule is Cc1oc(-c2ccsc2)nc1CN[C@@H](C)[C@H](C)n1cccn1. The van der Waals surface area contributed by atoms with E-state index in [1.807, 2.05) is 40.7 Å². The minimum absolute atomic E-state index is 0.276. The number of thiophene rings is 1. The van der Waals surface area contributed by atoms with Gasteiger partial charge in [-0.15, -0.1) is 0 Å². The number of nitrogens with zero attached hydrogens (tertiary/aromatic N) is 3. The zero-order valence-electron chi connectivity index (χ0n) is 13.0.